The summed E-state index contributed by atoms with van der Waals surface area (Å²) in [4.78, 5) is 36.4. The topological polar surface area (TPSA) is 213 Å². The van der Waals surface area contributed by atoms with Crippen LogP contribution in [0.3, 0.4) is 0 Å². The van der Waals surface area contributed by atoms with E-state index >= 15 is 0 Å². The smallest absolute Gasteiger partial charge is 0.164 e. The summed E-state index contributed by atoms with van der Waals surface area (Å²) >= 11 is 0. The Labute approximate surface area is 269 Å². The van der Waals surface area contributed by atoms with Crippen molar-refractivity contribution >= 4 is 66.9 Å². The maximum Gasteiger partial charge on any atom is 0.164 e. The Kier molecular flexibility index (Phi) is 5.71. The van der Waals surface area contributed by atoms with Crippen LogP contribution < -0.4 is 22.9 Å². The Bertz CT molecular complexity index is 2400. The van der Waals surface area contributed by atoms with Crippen LogP contribution in [0.4, 0.5) is 22.7 Å². The van der Waals surface area contributed by atoms with Gasteiger partial charge in [0.25, 0.3) is 0 Å². The number of nitrogens with zero attached hydrogens (tertiary/aromatic N) is 6. The number of rotatable bonds is 0. The van der Waals surface area contributed by atoms with Gasteiger partial charge in [0.2, 0.25) is 0 Å². The van der Waals surface area contributed by atoms with Crippen LogP contribution in [0.1, 0.15) is 0 Å². The quantitative estimate of drug-likeness (QED) is 0.0877. The molecule has 0 atom stereocenters. The molecule has 5 heterocycles. The largest absolute Gasteiger partial charge is 0.396 e. The van der Waals surface area contributed by atoms with Crippen LogP contribution in [0.2, 0.25) is 0 Å². The number of H-pyrrole nitrogens is 2. The van der Waals surface area contributed by atoms with Crippen molar-refractivity contribution in [1.82, 2.24) is 39.9 Å². The predicted octanol–water partition coefficient (Wildman–Crippen LogP) is 5.20. The molecule has 12 nitrogen and oxygen atoms in total. The zero-order valence-electron chi connectivity index (χ0n) is 23.2. The van der Waals surface area contributed by atoms with Gasteiger partial charge in [0.15, 0.2) is 23.3 Å². The molecule has 1 radical (unpaired) electrons. The first-order chi connectivity index (χ1) is 21.5. The molecule has 10 N–H and O–H groups in total. The number of hydrogen-bond donors (Lipinski definition) is 6. The number of aromatic amines is 2. The molecule has 0 aliphatic carbocycles. The number of nitrogens with two attached hydrogens (primary N) is 4. The molecule has 0 saturated heterocycles. The van der Waals surface area contributed by atoms with E-state index < -0.39 is 0 Å². The first-order valence-electron chi connectivity index (χ1n) is 13.8. The van der Waals surface area contributed by atoms with E-state index in [1.54, 1.807) is 0 Å². The van der Waals surface area contributed by atoms with Crippen LogP contribution in [-0.4, -0.2) is 39.9 Å². The minimum absolute atomic E-state index is 0. The molecule has 45 heavy (non-hydrogen) atoms. The van der Waals surface area contributed by atoms with Gasteiger partial charge in [-0.25, -0.2) is 29.9 Å². The molecule has 2 aliphatic rings. The van der Waals surface area contributed by atoms with Gasteiger partial charge in [-0.1, -0.05) is 72.8 Å². The number of nitrogens with one attached hydrogen (secondary N) is 2. The van der Waals surface area contributed by atoms with Gasteiger partial charge in [0, 0.05) is 55.4 Å². The zero-order valence-corrected chi connectivity index (χ0v) is 25.4. The molecule has 0 amide bonds. The fraction of sp³-hybridized carbons (Fsp3) is 0. The first kappa shape index (κ1) is 26.8. The minimum Gasteiger partial charge on any atom is -0.396 e. The van der Waals surface area contributed by atoms with E-state index in [0.29, 0.717) is 56.7 Å². The Morgan fingerprint density at radius 3 is 1.07 bits per heavy atom. The van der Waals surface area contributed by atoms with E-state index in [2.05, 4.69) is 9.97 Å². The summed E-state index contributed by atoms with van der Waals surface area (Å²) in [5, 5.41) is 2.78. The third-order valence-corrected chi connectivity index (χ3v) is 8.16. The van der Waals surface area contributed by atoms with Crippen LogP contribution in [0.5, 0.6) is 0 Å². The monoisotopic (exact) mass is 771 g/mol. The molecule has 0 fully saturated rings. The summed E-state index contributed by atoms with van der Waals surface area (Å²) in [5.74, 6) is 1.88. The first-order valence-corrected chi connectivity index (χ1v) is 13.8. The van der Waals surface area contributed by atoms with Gasteiger partial charge in [-0.3, -0.25) is 0 Å². The van der Waals surface area contributed by atoms with E-state index in [0.717, 1.165) is 33.0 Å². The minimum atomic E-state index is 0. The normalized spacial score (nSPS) is 11.7. The molecular weight excluding hydrogens is 749 g/mol. The maximum atomic E-state index is 6.56. The van der Waals surface area contributed by atoms with Crippen molar-refractivity contribution in [3.8, 4) is 45.6 Å². The van der Waals surface area contributed by atoms with E-state index in [1.807, 2.05) is 72.8 Å². The van der Waals surface area contributed by atoms with Crippen molar-refractivity contribution in [1.29, 1.82) is 0 Å². The molecule has 4 aromatic carbocycles. The van der Waals surface area contributed by atoms with E-state index in [4.69, 9.17) is 52.8 Å². The van der Waals surface area contributed by atoms with E-state index in [-0.39, 0.29) is 45.1 Å². The van der Waals surface area contributed by atoms with Crippen molar-refractivity contribution < 1.29 is 22.4 Å². The number of benzene rings is 4. The third-order valence-electron chi connectivity index (χ3n) is 8.16. The Morgan fingerprint density at radius 2 is 0.689 bits per heavy atom. The SMILES string of the molecule is Nc1c(N)c(N)c2c3nc4nc(nc5[nH]c(nc6nc(nc([nH]3)c2c1N)-c1ccccc1-6)c1ccccc51)-c1ccccc1-4.[Au]. The Balaban J connectivity index is 0.00000300. The second-order valence-corrected chi connectivity index (χ2v) is 10.7. The van der Waals surface area contributed by atoms with Crippen molar-refractivity contribution in [2.45, 2.75) is 0 Å². The van der Waals surface area contributed by atoms with Crippen molar-refractivity contribution in [3.63, 3.8) is 0 Å². The van der Waals surface area contributed by atoms with Crippen LogP contribution in [-0.2, 0) is 22.4 Å². The molecule has 0 unspecified atom stereocenters. The Hall–Kier alpha value is -5.82. The Morgan fingerprint density at radius 1 is 0.378 bits per heavy atom. The van der Waals surface area contributed by atoms with Gasteiger partial charge in [-0.15, -0.1) is 0 Å². The second kappa shape index (κ2) is 9.59. The maximum absolute atomic E-state index is 6.56. The summed E-state index contributed by atoms with van der Waals surface area (Å²) < 4.78 is 0. The van der Waals surface area contributed by atoms with Gasteiger partial charge in [0.05, 0.1) is 33.5 Å². The van der Waals surface area contributed by atoms with Crippen LogP contribution >= 0.6 is 0 Å². The van der Waals surface area contributed by atoms with Gasteiger partial charge in [-0.2, -0.15) is 0 Å². The molecule has 9 rings (SSSR count). The van der Waals surface area contributed by atoms with Gasteiger partial charge >= 0.3 is 0 Å². The van der Waals surface area contributed by atoms with Gasteiger partial charge in [0.1, 0.15) is 22.6 Å². The summed E-state index contributed by atoms with van der Waals surface area (Å²) in [6.45, 7) is 0. The number of anilines is 4. The van der Waals surface area contributed by atoms with Crippen molar-refractivity contribution in [3.05, 3.63) is 72.8 Å². The number of aromatic nitrogens is 8. The average Bonchev–Trinajstić information content (AvgIpc) is 3.78. The molecule has 13 heteroatoms. The van der Waals surface area contributed by atoms with Crippen LogP contribution in [0, 0.1) is 0 Å². The fourth-order valence-corrected chi connectivity index (χ4v) is 6.00. The molecule has 0 spiro atoms. The number of hydrogen-bond acceptors (Lipinski definition) is 10. The summed E-state index contributed by atoms with van der Waals surface area (Å²) in [6.07, 6.45) is 0. The van der Waals surface area contributed by atoms with Crippen LogP contribution in [0.25, 0.3) is 89.7 Å². The third kappa shape index (κ3) is 3.77. The fourth-order valence-electron chi connectivity index (χ4n) is 6.00. The molecule has 3 aromatic heterocycles. The average molecular weight is 772 g/mol. The molecule has 221 valence electrons. The van der Waals surface area contributed by atoms with Gasteiger partial charge < -0.3 is 32.9 Å². The number of nitrogen functional groups attached to an aromatic ring is 4. The molecule has 0 saturated carbocycles. The predicted molar refractivity (Wildman–Crippen MR) is 174 cm³/mol. The number of fused-ring (bicyclic) bond motifs is 20. The summed E-state index contributed by atoms with van der Waals surface area (Å²) in [5.41, 5.74) is 31.8. The van der Waals surface area contributed by atoms with Gasteiger partial charge in [-0.05, 0) is 0 Å². The standard InChI is InChI=1S/C32H22N12.Au/c33-21-19-20(22(34)24(36)23(21)35)32-43-30-18-12-6-4-10-16(18)28(41-30)39-26-14-8-2-1-7-13(14)25(37-26)38-27-15-9-3-5-11-17(15)29(40-27)42-31(19)44-32;/h1-12H,33-36H2,(H2,37,38,39,40,41,42,43,44);. The van der Waals surface area contributed by atoms with Crippen molar-refractivity contribution in [2.24, 2.45) is 0 Å². The molecular formula is C32H22AuN12. The van der Waals surface area contributed by atoms with E-state index in [9.17, 15) is 0 Å². The molecule has 2 aliphatic heterocycles. The van der Waals surface area contributed by atoms with Crippen LogP contribution in [0.15, 0.2) is 72.8 Å². The van der Waals surface area contributed by atoms with Crippen molar-refractivity contribution in [2.75, 3.05) is 22.9 Å². The zero-order chi connectivity index (χ0) is 29.7. The molecule has 8 bridgehead atoms. The molecule has 7 aromatic rings. The second-order valence-electron chi connectivity index (χ2n) is 10.7. The summed E-state index contributed by atoms with van der Waals surface area (Å²) in [7, 11) is 0. The summed E-state index contributed by atoms with van der Waals surface area (Å²) in [6, 6.07) is 23.5. The van der Waals surface area contributed by atoms with E-state index in [1.165, 1.54) is 0 Å².